The van der Waals surface area contributed by atoms with E-state index in [1.165, 1.54) is 18.4 Å². The second-order valence-electron chi connectivity index (χ2n) is 4.65. The van der Waals surface area contributed by atoms with Gasteiger partial charge in [0.1, 0.15) is 5.00 Å². The molecule has 0 saturated heterocycles. The lowest BCUT2D eigenvalue weighted by Gasteiger charge is -2.09. The monoisotopic (exact) mass is 338 g/mol. The molecule has 2 rings (SSSR count). The van der Waals surface area contributed by atoms with E-state index in [1.807, 2.05) is 31.6 Å². The first-order valence-electron chi connectivity index (χ1n) is 6.75. The van der Waals surface area contributed by atoms with Crippen molar-refractivity contribution in [3.8, 4) is 0 Å². The van der Waals surface area contributed by atoms with Gasteiger partial charge in [0.15, 0.2) is 5.11 Å². The summed E-state index contributed by atoms with van der Waals surface area (Å²) in [6.45, 7) is 6.64. The third-order valence-corrected chi connectivity index (χ3v) is 4.18. The summed E-state index contributed by atoms with van der Waals surface area (Å²) in [6.07, 6.45) is 1.89. The van der Waals surface area contributed by atoms with Crippen molar-refractivity contribution in [2.75, 3.05) is 17.7 Å². The van der Waals surface area contributed by atoms with Crippen LogP contribution in [-0.4, -0.2) is 28.0 Å². The Balaban J connectivity index is 2.12. The molecule has 0 unspecified atom stereocenters. The zero-order valence-electron chi connectivity index (χ0n) is 12.9. The number of nitrogens with zero attached hydrogens (tertiary/aromatic N) is 2. The van der Waals surface area contributed by atoms with Crippen molar-refractivity contribution in [2.45, 2.75) is 27.3 Å². The first kappa shape index (κ1) is 16.4. The first-order chi connectivity index (χ1) is 10.4. The molecule has 2 aromatic rings. The van der Waals surface area contributed by atoms with Crippen molar-refractivity contribution in [3.63, 3.8) is 0 Å². The van der Waals surface area contributed by atoms with Crippen LogP contribution < -0.4 is 10.6 Å². The van der Waals surface area contributed by atoms with Crippen LogP contribution in [-0.2, 0) is 11.3 Å². The summed E-state index contributed by atoms with van der Waals surface area (Å²) in [5.74, 6) is -0.385. The molecule has 0 bridgehead atoms. The van der Waals surface area contributed by atoms with Gasteiger partial charge in [0.25, 0.3) is 0 Å². The lowest BCUT2D eigenvalue weighted by atomic mass is 10.3. The van der Waals surface area contributed by atoms with Crippen LogP contribution in [0, 0.1) is 13.8 Å². The average molecular weight is 338 g/mol. The van der Waals surface area contributed by atoms with E-state index in [-0.39, 0.29) is 5.97 Å². The van der Waals surface area contributed by atoms with Gasteiger partial charge in [-0.15, -0.1) is 11.3 Å². The quantitative estimate of drug-likeness (QED) is 0.659. The highest BCUT2D eigenvalue weighted by Gasteiger charge is 2.16. The number of carbonyl (C=O) groups is 1. The van der Waals surface area contributed by atoms with Crippen molar-refractivity contribution in [1.82, 2.24) is 9.78 Å². The van der Waals surface area contributed by atoms with Gasteiger partial charge in [-0.25, -0.2) is 4.79 Å². The zero-order valence-corrected chi connectivity index (χ0v) is 14.5. The number of esters is 1. The Bertz CT molecular complexity index is 706. The van der Waals surface area contributed by atoms with E-state index in [2.05, 4.69) is 15.7 Å². The summed E-state index contributed by atoms with van der Waals surface area (Å²) < 4.78 is 6.61. The van der Waals surface area contributed by atoms with E-state index < -0.39 is 0 Å². The van der Waals surface area contributed by atoms with Crippen molar-refractivity contribution in [2.24, 2.45) is 0 Å². The minimum Gasteiger partial charge on any atom is -0.465 e. The van der Waals surface area contributed by atoms with Gasteiger partial charge in [0, 0.05) is 17.6 Å². The Hall–Kier alpha value is -1.93. The number of rotatable bonds is 4. The molecule has 2 aromatic heterocycles. The highest BCUT2D eigenvalue weighted by Crippen LogP contribution is 2.28. The van der Waals surface area contributed by atoms with E-state index >= 15 is 0 Å². The lowest BCUT2D eigenvalue weighted by molar-refractivity contribution is 0.0602. The molecule has 8 heteroatoms. The number of methoxy groups -OCH3 is 1. The van der Waals surface area contributed by atoms with Crippen LogP contribution in [0.3, 0.4) is 0 Å². The summed E-state index contributed by atoms with van der Waals surface area (Å²) >= 11 is 6.76. The Labute approximate surface area is 138 Å². The predicted molar refractivity (Wildman–Crippen MR) is 92.9 cm³/mol. The van der Waals surface area contributed by atoms with Gasteiger partial charge < -0.3 is 15.4 Å². The highest BCUT2D eigenvalue weighted by atomic mass is 32.1. The second kappa shape index (κ2) is 6.89. The number of hydrogen-bond acceptors (Lipinski definition) is 5. The van der Waals surface area contributed by atoms with Crippen LogP contribution in [0.2, 0.25) is 0 Å². The maximum Gasteiger partial charge on any atom is 0.340 e. The number of anilines is 2. The topological polar surface area (TPSA) is 68.2 Å². The van der Waals surface area contributed by atoms with Gasteiger partial charge in [0.05, 0.1) is 24.1 Å². The number of ether oxygens (including phenoxy) is 1. The highest BCUT2D eigenvalue weighted by molar-refractivity contribution is 7.80. The first-order valence-corrected chi connectivity index (χ1v) is 7.97. The average Bonchev–Trinajstić information content (AvgIpc) is 3.01. The standard InChI is InChI=1S/C14H18N4O2S2/c1-5-18-7-11(9(3)17-18)15-14(21)16-12-10(13(19)20-4)6-8(2)22-12/h6-7H,5H2,1-4H3,(H2,15,16,21). The van der Waals surface area contributed by atoms with E-state index in [1.54, 1.807) is 6.07 Å². The van der Waals surface area contributed by atoms with E-state index in [0.29, 0.717) is 15.7 Å². The molecule has 6 nitrogen and oxygen atoms in total. The predicted octanol–water partition coefficient (Wildman–Crippen LogP) is 3.18. The zero-order chi connectivity index (χ0) is 16.3. The van der Waals surface area contributed by atoms with Crippen LogP contribution in [0.15, 0.2) is 12.3 Å². The summed E-state index contributed by atoms with van der Waals surface area (Å²) in [7, 11) is 1.36. The molecule has 0 aliphatic heterocycles. The maximum absolute atomic E-state index is 11.8. The smallest absolute Gasteiger partial charge is 0.340 e. The van der Waals surface area contributed by atoms with E-state index in [0.717, 1.165) is 22.8 Å². The van der Waals surface area contributed by atoms with Gasteiger partial charge in [-0.2, -0.15) is 5.10 Å². The Morgan fingerprint density at radius 2 is 2.18 bits per heavy atom. The number of carbonyl (C=O) groups excluding carboxylic acids is 1. The molecule has 2 heterocycles. The second-order valence-corrected chi connectivity index (χ2v) is 6.32. The van der Waals surface area contributed by atoms with Crippen molar-refractivity contribution in [3.05, 3.63) is 28.4 Å². The largest absolute Gasteiger partial charge is 0.465 e. The number of nitrogens with one attached hydrogen (secondary N) is 2. The van der Waals surface area contributed by atoms with Crippen molar-refractivity contribution in [1.29, 1.82) is 0 Å². The number of aromatic nitrogens is 2. The molecule has 22 heavy (non-hydrogen) atoms. The molecule has 0 aliphatic rings. The van der Waals surface area contributed by atoms with Gasteiger partial charge >= 0.3 is 5.97 Å². The number of thiocarbonyl (C=S) groups is 1. The molecule has 0 amide bonds. The van der Waals surface area contributed by atoms with E-state index in [9.17, 15) is 4.79 Å². The fourth-order valence-corrected chi connectivity index (χ4v) is 3.11. The van der Waals surface area contributed by atoms with Crippen LogP contribution in [0.5, 0.6) is 0 Å². The molecular weight excluding hydrogens is 320 g/mol. The molecule has 0 atom stereocenters. The molecule has 0 aliphatic carbocycles. The molecule has 0 spiro atoms. The maximum atomic E-state index is 11.8. The molecule has 0 saturated carbocycles. The Kier molecular flexibility index (Phi) is 5.15. The van der Waals surface area contributed by atoms with Crippen molar-refractivity contribution < 1.29 is 9.53 Å². The normalized spacial score (nSPS) is 10.4. The Morgan fingerprint density at radius 3 is 2.77 bits per heavy atom. The van der Waals surface area contributed by atoms with Gasteiger partial charge in [0.2, 0.25) is 0 Å². The number of aryl methyl sites for hydroxylation is 3. The molecule has 0 radical (unpaired) electrons. The van der Waals surface area contributed by atoms with Gasteiger partial charge in [-0.05, 0) is 39.1 Å². The SMILES string of the molecule is CCn1cc(NC(=S)Nc2sc(C)cc2C(=O)OC)c(C)n1. The van der Waals surface area contributed by atoms with Gasteiger partial charge in [-0.3, -0.25) is 4.68 Å². The molecule has 0 fully saturated rings. The minimum absolute atomic E-state index is 0.385. The number of thiophene rings is 1. The third-order valence-electron chi connectivity index (χ3n) is 3.01. The molecular formula is C14H18N4O2S2. The van der Waals surface area contributed by atoms with Crippen molar-refractivity contribution >= 4 is 45.3 Å². The summed E-state index contributed by atoms with van der Waals surface area (Å²) in [5.41, 5.74) is 2.18. The molecule has 0 aromatic carbocycles. The van der Waals surface area contributed by atoms with Crippen LogP contribution in [0.1, 0.15) is 27.9 Å². The Morgan fingerprint density at radius 1 is 1.45 bits per heavy atom. The van der Waals surface area contributed by atoms with Gasteiger partial charge in [-0.1, -0.05) is 0 Å². The fraction of sp³-hybridized carbons (Fsp3) is 0.357. The molecule has 118 valence electrons. The fourth-order valence-electron chi connectivity index (χ4n) is 1.93. The van der Waals surface area contributed by atoms with E-state index in [4.69, 9.17) is 17.0 Å². The minimum atomic E-state index is -0.385. The third kappa shape index (κ3) is 3.63. The van der Waals surface area contributed by atoms with Crippen LogP contribution in [0.4, 0.5) is 10.7 Å². The lowest BCUT2D eigenvalue weighted by Crippen LogP contribution is -2.20. The number of hydrogen-bond donors (Lipinski definition) is 2. The summed E-state index contributed by atoms with van der Waals surface area (Å²) in [5, 5.41) is 11.6. The summed E-state index contributed by atoms with van der Waals surface area (Å²) in [6, 6.07) is 1.78. The van der Waals surface area contributed by atoms with Crippen LogP contribution in [0.25, 0.3) is 0 Å². The molecule has 2 N–H and O–H groups in total. The summed E-state index contributed by atoms with van der Waals surface area (Å²) in [4.78, 5) is 12.8. The van der Waals surface area contributed by atoms with Crippen LogP contribution >= 0.6 is 23.6 Å².